The normalized spacial score (nSPS) is 20.6. The maximum absolute atomic E-state index is 14.3. The zero-order valence-corrected chi connectivity index (χ0v) is 27.0. The molecule has 3 rings (SSSR count). The van der Waals surface area contributed by atoms with Gasteiger partial charge in [0.05, 0.1) is 36.8 Å². The van der Waals surface area contributed by atoms with Gasteiger partial charge in [0.1, 0.15) is 5.75 Å². The predicted molar refractivity (Wildman–Crippen MR) is 172 cm³/mol. The number of urea groups is 1. The molecule has 0 fully saturated rings. The topological polar surface area (TPSA) is 120 Å². The first-order valence-electron chi connectivity index (χ1n) is 15.7. The van der Waals surface area contributed by atoms with Gasteiger partial charge in [0.25, 0.3) is 5.91 Å². The summed E-state index contributed by atoms with van der Waals surface area (Å²) >= 11 is 0. The number of fused-ring (bicyclic) bond motifs is 1. The lowest BCUT2D eigenvalue weighted by Crippen LogP contribution is -2.49. The van der Waals surface area contributed by atoms with Crippen LogP contribution in [0.25, 0.3) is 0 Å². The van der Waals surface area contributed by atoms with Crippen LogP contribution in [0.5, 0.6) is 5.75 Å². The number of nitrogens with one attached hydrogen (secondary N) is 2. The second-order valence-corrected chi connectivity index (χ2v) is 12.2. The maximum atomic E-state index is 14.3. The Morgan fingerprint density at radius 3 is 2.50 bits per heavy atom. The van der Waals surface area contributed by atoms with E-state index in [2.05, 4.69) is 10.6 Å². The lowest BCUT2D eigenvalue weighted by Gasteiger charge is -2.36. The SMILES string of the molecule is CC(C)NC(=O)N(C)C[C@@H]1OCCCC[C@@H](C)Oc2ccc(NC(=O)Cc3ccccc3)cc2C(=O)N([C@H](C)CO)C[C@@H]1C. The van der Waals surface area contributed by atoms with Crippen molar-refractivity contribution in [3.05, 3.63) is 59.7 Å². The van der Waals surface area contributed by atoms with Crippen LogP contribution in [-0.2, 0) is 16.0 Å². The second-order valence-electron chi connectivity index (χ2n) is 12.2. The minimum absolute atomic E-state index is 0.00286. The second kappa shape index (κ2) is 17.0. The number of aliphatic hydroxyl groups is 1. The lowest BCUT2D eigenvalue weighted by atomic mass is 10.0. The van der Waals surface area contributed by atoms with Crippen molar-refractivity contribution in [3.8, 4) is 5.75 Å². The fourth-order valence-electron chi connectivity index (χ4n) is 5.16. The number of carbonyl (C=O) groups is 3. The third-order valence-corrected chi connectivity index (χ3v) is 7.76. The fourth-order valence-corrected chi connectivity index (χ4v) is 5.16. The first-order chi connectivity index (χ1) is 21.0. The van der Waals surface area contributed by atoms with Crippen molar-refractivity contribution in [2.45, 2.75) is 84.6 Å². The molecule has 4 atom stereocenters. The van der Waals surface area contributed by atoms with E-state index in [0.29, 0.717) is 30.2 Å². The Bertz CT molecular complexity index is 1220. The number of hydrogen-bond acceptors (Lipinski definition) is 6. The Morgan fingerprint density at radius 1 is 1.09 bits per heavy atom. The van der Waals surface area contributed by atoms with Gasteiger partial charge in [-0.15, -0.1) is 0 Å². The molecule has 0 aliphatic carbocycles. The van der Waals surface area contributed by atoms with Crippen molar-refractivity contribution in [2.75, 3.05) is 38.7 Å². The molecule has 0 radical (unpaired) electrons. The molecule has 0 unspecified atom stereocenters. The highest BCUT2D eigenvalue weighted by molar-refractivity contribution is 6.00. The number of aliphatic hydroxyl groups excluding tert-OH is 1. The Balaban J connectivity index is 1.91. The number of benzene rings is 2. The molecule has 3 N–H and O–H groups in total. The summed E-state index contributed by atoms with van der Waals surface area (Å²) < 4.78 is 12.6. The van der Waals surface area contributed by atoms with Gasteiger partial charge in [0.2, 0.25) is 5.91 Å². The van der Waals surface area contributed by atoms with Gasteiger partial charge in [-0.3, -0.25) is 9.59 Å². The van der Waals surface area contributed by atoms with Crippen LogP contribution in [-0.4, -0.2) is 90.4 Å². The molecule has 1 aliphatic heterocycles. The van der Waals surface area contributed by atoms with Crippen molar-refractivity contribution in [1.82, 2.24) is 15.1 Å². The summed E-state index contributed by atoms with van der Waals surface area (Å²) in [7, 11) is 1.74. The van der Waals surface area contributed by atoms with E-state index in [0.717, 1.165) is 24.8 Å². The molecule has 1 aliphatic rings. The predicted octanol–water partition coefficient (Wildman–Crippen LogP) is 4.71. The highest BCUT2D eigenvalue weighted by atomic mass is 16.5. The zero-order chi connectivity index (χ0) is 32.2. The molecular formula is C34H50N4O6. The van der Waals surface area contributed by atoms with E-state index >= 15 is 0 Å². The Hall–Kier alpha value is -3.63. The number of rotatable bonds is 8. The molecular weight excluding hydrogens is 560 g/mol. The van der Waals surface area contributed by atoms with E-state index in [1.54, 1.807) is 42.0 Å². The molecule has 0 aromatic heterocycles. The summed E-state index contributed by atoms with van der Waals surface area (Å²) in [6.07, 6.45) is 2.17. The summed E-state index contributed by atoms with van der Waals surface area (Å²) in [5.41, 5.74) is 1.68. The van der Waals surface area contributed by atoms with Crippen LogP contribution in [0.3, 0.4) is 0 Å². The maximum Gasteiger partial charge on any atom is 0.317 e. The lowest BCUT2D eigenvalue weighted by molar-refractivity contribution is -0.115. The molecule has 0 saturated heterocycles. The van der Waals surface area contributed by atoms with E-state index < -0.39 is 6.04 Å². The number of amides is 4. The van der Waals surface area contributed by atoms with Gasteiger partial charge in [0, 0.05) is 44.4 Å². The first-order valence-corrected chi connectivity index (χ1v) is 15.7. The molecule has 44 heavy (non-hydrogen) atoms. The highest BCUT2D eigenvalue weighted by Crippen LogP contribution is 2.28. The van der Waals surface area contributed by atoms with Crippen molar-refractivity contribution in [2.24, 2.45) is 5.92 Å². The van der Waals surface area contributed by atoms with E-state index in [-0.39, 0.29) is 61.6 Å². The molecule has 0 saturated carbocycles. The number of anilines is 1. The van der Waals surface area contributed by atoms with E-state index in [1.807, 2.05) is 58.0 Å². The first kappa shape index (κ1) is 34.9. The van der Waals surface area contributed by atoms with Crippen molar-refractivity contribution < 1.29 is 29.0 Å². The van der Waals surface area contributed by atoms with Crippen LogP contribution < -0.4 is 15.4 Å². The minimum atomic E-state index is -0.498. The van der Waals surface area contributed by atoms with Crippen molar-refractivity contribution in [1.29, 1.82) is 0 Å². The third kappa shape index (κ3) is 10.5. The van der Waals surface area contributed by atoms with Crippen LogP contribution in [0.1, 0.15) is 69.8 Å². The number of carbonyl (C=O) groups excluding carboxylic acids is 3. The average Bonchev–Trinajstić information content (AvgIpc) is 2.98. The van der Waals surface area contributed by atoms with Crippen LogP contribution >= 0.6 is 0 Å². The monoisotopic (exact) mass is 610 g/mol. The Labute approximate surface area is 262 Å². The molecule has 0 spiro atoms. The van der Waals surface area contributed by atoms with Gasteiger partial charge in [-0.05, 0) is 70.7 Å². The van der Waals surface area contributed by atoms with Gasteiger partial charge in [-0.25, -0.2) is 4.79 Å². The Kier molecular flexibility index (Phi) is 13.5. The quantitative estimate of drug-likeness (QED) is 0.398. The van der Waals surface area contributed by atoms with E-state index in [1.165, 1.54) is 0 Å². The van der Waals surface area contributed by atoms with E-state index in [9.17, 15) is 19.5 Å². The minimum Gasteiger partial charge on any atom is -0.490 e. The van der Waals surface area contributed by atoms with Gasteiger partial charge >= 0.3 is 6.03 Å². The molecule has 2 aromatic rings. The van der Waals surface area contributed by atoms with Crippen LogP contribution in [0, 0.1) is 5.92 Å². The molecule has 4 amide bonds. The summed E-state index contributed by atoms with van der Waals surface area (Å²) in [4.78, 5) is 43.0. The smallest absolute Gasteiger partial charge is 0.317 e. The Morgan fingerprint density at radius 2 is 1.82 bits per heavy atom. The molecule has 242 valence electrons. The number of ether oxygens (including phenoxy) is 2. The molecule has 10 heteroatoms. The molecule has 0 bridgehead atoms. The summed E-state index contributed by atoms with van der Waals surface area (Å²) in [6.45, 7) is 10.5. The molecule has 2 aromatic carbocycles. The highest BCUT2D eigenvalue weighted by Gasteiger charge is 2.31. The molecule has 10 nitrogen and oxygen atoms in total. The zero-order valence-electron chi connectivity index (χ0n) is 27.0. The molecule has 1 heterocycles. The van der Waals surface area contributed by atoms with Gasteiger partial charge in [-0.2, -0.15) is 0 Å². The third-order valence-electron chi connectivity index (χ3n) is 7.76. The van der Waals surface area contributed by atoms with Crippen LogP contribution in [0.4, 0.5) is 10.5 Å². The average molecular weight is 611 g/mol. The summed E-state index contributed by atoms with van der Waals surface area (Å²) in [5, 5.41) is 16.0. The summed E-state index contributed by atoms with van der Waals surface area (Å²) in [5.74, 6) is -0.247. The number of likely N-dealkylation sites (N-methyl/N-ethyl adjacent to an activating group) is 1. The van der Waals surface area contributed by atoms with Gasteiger partial charge in [-0.1, -0.05) is 37.3 Å². The number of hydrogen-bond donors (Lipinski definition) is 3. The fraction of sp³-hybridized carbons (Fsp3) is 0.559. The van der Waals surface area contributed by atoms with Gasteiger partial charge in [0.15, 0.2) is 0 Å². The van der Waals surface area contributed by atoms with E-state index in [4.69, 9.17) is 9.47 Å². The van der Waals surface area contributed by atoms with Crippen molar-refractivity contribution in [3.63, 3.8) is 0 Å². The largest absolute Gasteiger partial charge is 0.490 e. The van der Waals surface area contributed by atoms with Gasteiger partial charge < -0.3 is 35.0 Å². The van der Waals surface area contributed by atoms with Crippen molar-refractivity contribution >= 4 is 23.5 Å². The number of nitrogens with zero attached hydrogens (tertiary/aromatic N) is 2. The summed E-state index contributed by atoms with van der Waals surface area (Å²) in [6, 6.07) is 13.9. The van der Waals surface area contributed by atoms with Crippen LogP contribution in [0.2, 0.25) is 0 Å². The standard InChI is InChI=1S/C34H50N4O6/c1-23(2)35-34(42)37(6)21-31-24(3)20-38(25(4)22-39)33(41)29-19-28(36-32(40)18-27-13-8-7-9-14-27)15-16-30(29)44-26(5)12-10-11-17-43-31/h7-9,13-16,19,23-26,31,39H,10-12,17-18,20-22H2,1-6H3,(H,35,42)(H,36,40)/t24-,25+,26+,31-/m0/s1. The van der Waals surface area contributed by atoms with Crippen LogP contribution in [0.15, 0.2) is 48.5 Å².